The van der Waals surface area contributed by atoms with Gasteiger partial charge in [-0.05, 0) is 0 Å². The van der Waals surface area contributed by atoms with Crippen molar-refractivity contribution in [3.8, 4) is 5.75 Å². The van der Waals surface area contributed by atoms with Gasteiger partial charge in [0, 0.05) is 14.1 Å². The van der Waals surface area contributed by atoms with E-state index in [4.69, 9.17) is 10.6 Å². The number of nitrogen functional groups attached to an aromatic ring is 1. The van der Waals surface area contributed by atoms with Crippen LogP contribution in [-0.2, 0) is 0 Å². The average Bonchev–Trinajstić information content (AvgIpc) is 2.16. The van der Waals surface area contributed by atoms with Crippen LogP contribution < -0.4 is 21.4 Å². The molecule has 1 heterocycles. The summed E-state index contributed by atoms with van der Waals surface area (Å²) in [6.45, 7) is 0. The van der Waals surface area contributed by atoms with Gasteiger partial charge in [0.25, 0.3) is 0 Å². The van der Waals surface area contributed by atoms with Gasteiger partial charge in [-0.3, -0.25) is 0 Å². The molecule has 0 aliphatic rings. The van der Waals surface area contributed by atoms with Crippen molar-refractivity contribution in [1.29, 1.82) is 0 Å². The summed E-state index contributed by atoms with van der Waals surface area (Å²) in [5, 5.41) is 1.74. The third kappa shape index (κ3) is 2.21. The number of nitrogens with zero attached hydrogens (tertiary/aromatic N) is 3. The molecule has 14 heavy (non-hydrogen) atoms. The summed E-state index contributed by atoms with van der Waals surface area (Å²) in [6.07, 6.45) is 1.39. The van der Waals surface area contributed by atoms with Crippen LogP contribution in [0.15, 0.2) is 6.33 Å². The number of nitrogens with two attached hydrogens (primary N) is 1. The van der Waals surface area contributed by atoms with Crippen molar-refractivity contribution in [2.24, 2.45) is 5.84 Å². The molecule has 1 aromatic heterocycles. The second-order valence-corrected chi connectivity index (χ2v) is 2.75. The molecule has 0 amide bonds. The molecule has 0 bridgehead atoms. The van der Waals surface area contributed by atoms with Gasteiger partial charge in [0.2, 0.25) is 5.75 Å². The van der Waals surface area contributed by atoms with Crippen molar-refractivity contribution >= 4 is 11.6 Å². The maximum Gasteiger partial charge on any atom is 0.206 e. The minimum absolute atomic E-state index is 0.437. The summed E-state index contributed by atoms with van der Waals surface area (Å²) >= 11 is 0. The van der Waals surface area contributed by atoms with Gasteiger partial charge >= 0.3 is 0 Å². The minimum Gasteiger partial charge on any atom is -0.490 e. The van der Waals surface area contributed by atoms with Crippen LogP contribution in [0, 0.1) is 0 Å². The molecule has 7 nitrogen and oxygen atoms in total. The van der Waals surface area contributed by atoms with E-state index in [2.05, 4.69) is 20.8 Å². The van der Waals surface area contributed by atoms with Gasteiger partial charge in [-0.1, -0.05) is 0 Å². The fraction of sp³-hybridized carbons (Fsp3) is 0.429. The Morgan fingerprint density at radius 1 is 1.36 bits per heavy atom. The fourth-order valence-corrected chi connectivity index (χ4v) is 0.961. The number of hydrazine groups is 2. The lowest BCUT2D eigenvalue weighted by Crippen LogP contribution is -2.21. The summed E-state index contributed by atoms with van der Waals surface area (Å²) < 4.78 is 5.11. The zero-order valence-electron chi connectivity index (χ0n) is 8.40. The third-order valence-corrected chi connectivity index (χ3v) is 1.47. The first-order valence-electron chi connectivity index (χ1n) is 3.98. The average molecular weight is 198 g/mol. The zero-order chi connectivity index (χ0) is 10.6. The lowest BCUT2D eigenvalue weighted by atomic mass is 10.5. The molecule has 1 aromatic rings. The van der Waals surface area contributed by atoms with Crippen molar-refractivity contribution in [3.63, 3.8) is 0 Å². The van der Waals surface area contributed by atoms with Gasteiger partial charge < -0.3 is 15.6 Å². The first-order chi connectivity index (χ1) is 6.69. The van der Waals surface area contributed by atoms with Crippen LogP contribution in [0.25, 0.3) is 0 Å². The highest BCUT2D eigenvalue weighted by molar-refractivity contribution is 5.62. The van der Waals surface area contributed by atoms with Gasteiger partial charge in [0.05, 0.1) is 7.11 Å². The number of aromatic nitrogens is 2. The summed E-state index contributed by atoms with van der Waals surface area (Å²) in [5.74, 6) is 6.73. The fourth-order valence-electron chi connectivity index (χ4n) is 0.961. The summed E-state index contributed by atoms with van der Waals surface area (Å²) in [6, 6.07) is 0. The Bertz CT molecular complexity index is 302. The summed E-state index contributed by atoms with van der Waals surface area (Å²) in [4.78, 5) is 7.92. The third-order valence-electron chi connectivity index (χ3n) is 1.47. The lowest BCUT2D eigenvalue weighted by molar-refractivity contribution is 0.407. The number of hydrogen-bond acceptors (Lipinski definition) is 7. The van der Waals surface area contributed by atoms with Crippen molar-refractivity contribution in [2.45, 2.75) is 0 Å². The second-order valence-electron chi connectivity index (χ2n) is 2.75. The van der Waals surface area contributed by atoms with E-state index in [-0.39, 0.29) is 0 Å². The van der Waals surface area contributed by atoms with Gasteiger partial charge in [0.1, 0.15) is 6.33 Å². The monoisotopic (exact) mass is 198 g/mol. The standard InChI is InChI=1S/C7H14N6O/c1-13(2)12-7-5(14-3)6(11-8)9-4-10-7/h4H,8H2,1-3H3,(H2,9,10,11,12). The molecule has 1 rings (SSSR count). The molecule has 0 saturated carbocycles. The highest BCUT2D eigenvalue weighted by atomic mass is 16.5. The molecule has 4 N–H and O–H groups in total. The number of ether oxygens (including phenoxy) is 1. The SMILES string of the molecule is COc1c(NN)ncnc1NN(C)C. The van der Waals surface area contributed by atoms with E-state index in [1.54, 1.807) is 5.01 Å². The normalized spacial score (nSPS) is 10.1. The molecule has 0 spiro atoms. The van der Waals surface area contributed by atoms with Gasteiger partial charge in [-0.2, -0.15) is 0 Å². The Labute approximate surface area is 82.2 Å². The quantitative estimate of drug-likeness (QED) is 0.450. The second kappa shape index (κ2) is 4.58. The Hall–Kier alpha value is -1.60. The predicted molar refractivity (Wildman–Crippen MR) is 53.7 cm³/mol. The van der Waals surface area contributed by atoms with E-state index < -0.39 is 0 Å². The Morgan fingerprint density at radius 2 is 2.00 bits per heavy atom. The Balaban J connectivity index is 3.02. The van der Waals surface area contributed by atoms with Gasteiger partial charge in [-0.25, -0.2) is 20.8 Å². The number of nitrogens with one attached hydrogen (secondary N) is 2. The maximum atomic E-state index is 5.26. The number of rotatable bonds is 4. The molecule has 0 unspecified atom stereocenters. The first kappa shape index (κ1) is 10.5. The molecule has 0 fully saturated rings. The summed E-state index contributed by atoms with van der Waals surface area (Å²) in [5.41, 5.74) is 5.39. The number of methoxy groups -OCH3 is 1. The molecule has 0 radical (unpaired) electrons. The molecular formula is C7H14N6O. The van der Waals surface area contributed by atoms with Crippen molar-refractivity contribution in [1.82, 2.24) is 15.0 Å². The van der Waals surface area contributed by atoms with Crippen LogP contribution in [0.1, 0.15) is 0 Å². The van der Waals surface area contributed by atoms with Crippen molar-refractivity contribution in [3.05, 3.63) is 6.33 Å². The minimum atomic E-state index is 0.437. The predicted octanol–water partition coefficient (Wildman–Crippen LogP) is -0.341. The van der Waals surface area contributed by atoms with E-state index in [1.165, 1.54) is 13.4 Å². The maximum absolute atomic E-state index is 5.26. The molecular weight excluding hydrogens is 184 g/mol. The number of anilines is 2. The molecule has 0 aliphatic heterocycles. The highest BCUT2D eigenvalue weighted by Crippen LogP contribution is 2.27. The van der Waals surface area contributed by atoms with Crippen LogP contribution in [-0.4, -0.2) is 36.2 Å². The topological polar surface area (TPSA) is 88.3 Å². The molecule has 0 aliphatic carbocycles. The van der Waals surface area contributed by atoms with Crippen LogP contribution in [0.5, 0.6) is 5.75 Å². The van der Waals surface area contributed by atoms with E-state index in [9.17, 15) is 0 Å². The van der Waals surface area contributed by atoms with Crippen LogP contribution in [0.2, 0.25) is 0 Å². The highest BCUT2D eigenvalue weighted by Gasteiger charge is 2.10. The lowest BCUT2D eigenvalue weighted by Gasteiger charge is -2.16. The van der Waals surface area contributed by atoms with E-state index in [0.717, 1.165) is 0 Å². The molecule has 0 atom stereocenters. The Kier molecular flexibility index (Phi) is 3.43. The van der Waals surface area contributed by atoms with Crippen LogP contribution >= 0.6 is 0 Å². The summed E-state index contributed by atoms with van der Waals surface area (Å²) in [7, 11) is 5.22. The van der Waals surface area contributed by atoms with E-state index >= 15 is 0 Å². The van der Waals surface area contributed by atoms with Crippen molar-refractivity contribution < 1.29 is 4.74 Å². The van der Waals surface area contributed by atoms with E-state index in [0.29, 0.717) is 17.4 Å². The largest absolute Gasteiger partial charge is 0.490 e. The first-order valence-corrected chi connectivity index (χ1v) is 3.98. The van der Waals surface area contributed by atoms with Crippen LogP contribution in [0.4, 0.5) is 11.6 Å². The van der Waals surface area contributed by atoms with E-state index in [1.807, 2.05) is 14.1 Å². The molecule has 78 valence electrons. The molecule has 0 saturated heterocycles. The Morgan fingerprint density at radius 3 is 2.50 bits per heavy atom. The molecule has 7 heteroatoms. The van der Waals surface area contributed by atoms with Crippen molar-refractivity contribution in [2.75, 3.05) is 32.1 Å². The zero-order valence-corrected chi connectivity index (χ0v) is 8.40. The van der Waals surface area contributed by atoms with Gasteiger partial charge in [-0.15, -0.1) is 0 Å². The van der Waals surface area contributed by atoms with Crippen LogP contribution in [0.3, 0.4) is 0 Å². The number of hydrogen-bond donors (Lipinski definition) is 3. The molecule has 0 aromatic carbocycles. The van der Waals surface area contributed by atoms with Gasteiger partial charge in [0.15, 0.2) is 11.6 Å². The smallest absolute Gasteiger partial charge is 0.206 e.